The lowest BCUT2D eigenvalue weighted by Crippen LogP contribution is -2.04. The summed E-state index contributed by atoms with van der Waals surface area (Å²) in [5.74, 6) is 0. The van der Waals surface area contributed by atoms with Crippen LogP contribution < -0.4 is 5.32 Å². The molecule has 0 radical (unpaired) electrons. The summed E-state index contributed by atoms with van der Waals surface area (Å²) in [6, 6.07) is 8.00. The lowest BCUT2D eigenvalue weighted by Gasteiger charge is -2.14. The predicted octanol–water partition coefficient (Wildman–Crippen LogP) is 2.52. The smallest absolute Gasteiger partial charge is 0.0935 e. The highest BCUT2D eigenvalue weighted by molar-refractivity contribution is 5.62. The van der Waals surface area contributed by atoms with E-state index >= 15 is 0 Å². The van der Waals surface area contributed by atoms with Crippen molar-refractivity contribution in [2.24, 2.45) is 0 Å². The third-order valence-corrected chi connectivity index (χ3v) is 3.25. The van der Waals surface area contributed by atoms with Crippen molar-refractivity contribution in [2.75, 3.05) is 11.9 Å². The molecule has 1 atom stereocenters. The summed E-state index contributed by atoms with van der Waals surface area (Å²) in [7, 11) is 0. The molecule has 0 saturated carbocycles. The van der Waals surface area contributed by atoms with Crippen LogP contribution in [0.25, 0.3) is 0 Å². The highest BCUT2D eigenvalue weighted by atomic mass is 16.3. The van der Waals surface area contributed by atoms with Crippen molar-refractivity contribution < 1.29 is 9.52 Å². The molecule has 88 valence electrons. The van der Waals surface area contributed by atoms with Crippen molar-refractivity contribution in [3.8, 4) is 0 Å². The number of para-hydroxylation sites is 1. The minimum absolute atomic E-state index is 0.479. The molecule has 1 aromatic carbocycles. The third kappa shape index (κ3) is 1.94. The Morgan fingerprint density at radius 3 is 3.12 bits per heavy atom. The molecule has 2 aromatic rings. The van der Waals surface area contributed by atoms with Crippen molar-refractivity contribution in [2.45, 2.75) is 18.9 Å². The van der Waals surface area contributed by atoms with Gasteiger partial charge in [0.15, 0.2) is 0 Å². The van der Waals surface area contributed by atoms with Gasteiger partial charge >= 0.3 is 0 Å². The molecule has 3 rings (SSSR count). The van der Waals surface area contributed by atoms with Gasteiger partial charge in [0.2, 0.25) is 0 Å². The van der Waals surface area contributed by atoms with Gasteiger partial charge in [0.1, 0.15) is 0 Å². The standard InChI is InChI=1S/C14H15NO2/c16-13(8-10-5-7-17-9-10)12-3-1-2-11-4-6-15-14(11)12/h1-3,5,7,9,13,15-16H,4,6,8H2. The molecule has 17 heavy (non-hydrogen) atoms. The number of nitrogens with one attached hydrogen (secondary N) is 1. The van der Waals surface area contributed by atoms with Crippen LogP contribution in [0.5, 0.6) is 0 Å². The minimum Gasteiger partial charge on any atom is -0.472 e. The van der Waals surface area contributed by atoms with Gasteiger partial charge in [0.05, 0.1) is 18.6 Å². The second-order valence-electron chi connectivity index (χ2n) is 4.41. The fraction of sp³-hybridized carbons (Fsp3) is 0.286. The molecule has 1 aliphatic rings. The Kier molecular flexibility index (Phi) is 2.61. The summed E-state index contributed by atoms with van der Waals surface area (Å²) >= 11 is 0. The molecule has 0 bridgehead atoms. The number of anilines is 1. The number of rotatable bonds is 3. The highest BCUT2D eigenvalue weighted by Crippen LogP contribution is 2.32. The van der Waals surface area contributed by atoms with Crippen molar-refractivity contribution in [1.82, 2.24) is 0 Å². The van der Waals surface area contributed by atoms with Gasteiger partial charge in [-0.3, -0.25) is 0 Å². The van der Waals surface area contributed by atoms with Crippen LogP contribution >= 0.6 is 0 Å². The van der Waals surface area contributed by atoms with Crippen molar-refractivity contribution in [3.05, 3.63) is 53.5 Å². The molecular formula is C14H15NO2. The molecule has 0 spiro atoms. The van der Waals surface area contributed by atoms with Crippen molar-refractivity contribution in [1.29, 1.82) is 0 Å². The van der Waals surface area contributed by atoms with E-state index in [9.17, 15) is 5.11 Å². The second kappa shape index (κ2) is 4.26. The minimum atomic E-state index is -0.479. The second-order valence-corrected chi connectivity index (χ2v) is 4.41. The molecule has 0 amide bonds. The molecule has 3 heteroatoms. The van der Waals surface area contributed by atoms with Gasteiger partial charge in [-0.2, -0.15) is 0 Å². The summed E-state index contributed by atoms with van der Waals surface area (Å²) in [6.45, 7) is 0.963. The van der Waals surface area contributed by atoms with E-state index < -0.39 is 6.10 Å². The maximum atomic E-state index is 10.3. The van der Waals surface area contributed by atoms with Crippen LogP contribution in [-0.2, 0) is 12.8 Å². The monoisotopic (exact) mass is 229 g/mol. The van der Waals surface area contributed by atoms with Crippen molar-refractivity contribution >= 4 is 5.69 Å². The Hall–Kier alpha value is -1.74. The van der Waals surface area contributed by atoms with Gasteiger partial charge in [0.25, 0.3) is 0 Å². The van der Waals surface area contributed by atoms with Crippen LogP contribution in [0.1, 0.15) is 22.8 Å². The average Bonchev–Trinajstić information content (AvgIpc) is 2.97. The molecule has 0 saturated heterocycles. The quantitative estimate of drug-likeness (QED) is 0.850. The largest absolute Gasteiger partial charge is 0.472 e. The van der Waals surface area contributed by atoms with Gasteiger partial charge in [0, 0.05) is 24.2 Å². The summed E-state index contributed by atoms with van der Waals surface area (Å²) < 4.78 is 5.02. The summed E-state index contributed by atoms with van der Waals surface area (Å²) in [5.41, 5.74) is 4.42. The van der Waals surface area contributed by atoms with E-state index in [0.29, 0.717) is 6.42 Å². The zero-order valence-corrected chi connectivity index (χ0v) is 9.52. The van der Waals surface area contributed by atoms with E-state index in [2.05, 4.69) is 11.4 Å². The lowest BCUT2D eigenvalue weighted by molar-refractivity contribution is 0.179. The fourth-order valence-corrected chi connectivity index (χ4v) is 2.39. The maximum absolute atomic E-state index is 10.3. The molecule has 1 aliphatic heterocycles. The first-order valence-corrected chi connectivity index (χ1v) is 5.89. The number of hydrogen-bond acceptors (Lipinski definition) is 3. The molecule has 1 unspecified atom stereocenters. The van der Waals surface area contributed by atoms with Crippen LogP contribution in [-0.4, -0.2) is 11.7 Å². The third-order valence-electron chi connectivity index (χ3n) is 3.25. The first kappa shape index (κ1) is 10.4. The Balaban J connectivity index is 1.86. The highest BCUT2D eigenvalue weighted by Gasteiger charge is 2.19. The number of benzene rings is 1. The number of aliphatic hydroxyl groups is 1. The van der Waals surface area contributed by atoms with Crippen molar-refractivity contribution in [3.63, 3.8) is 0 Å². The first-order chi connectivity index (χ1) is 8.34. The van der Waals surface area contributed by atoms with Crippen LogP contribution in [0.2, 0.25) is 0 Å². The molecule has 0 fully saturated rings. The van der Waals surface area contributed by atoms with E-state index in [1.807, 2.05) is 18.2 Å². The number of hydrogen-bond donors (Lipinski definition) is 2. The van der Waals surface area contributed by atoms with E-state index in [0.717, 1.165) is 29.8 Å². The topological polar surface area (TPSA) is 45.4 Å². The molecule has 0 aliphatic carbocycles. The van der Waals surface area contributed by atoms with Crippen LogP contribution in [0.4, 0.5) is 5.69 Å². The predicted molar refractivity (Wildman–Crippen MR) is 66.0 cm³/mol. The van der Waals surface area contributed by atoms with Crippen LogP contribution in [0.15, 0.2) is 41.2 Å². The summed E-state index contributed by atoms with van der Waals surface area (Å²) in [4.78, 5) is 0. The Morgan fingerprint density at radius 2 is 2.29 bits per heavy atom. The SMILES string of the molecule is OC(Cc1ccoc1)c1cccc2c1NCC2. The van der Waals surface area contributed by atoms with E-state index in [4.69, 9.17) is 4.42 Å². The Labute approximate surface area is 100 Å². The molecule has 2 heterocycles. The van der Waals surface area contributed by atoms with Gasteiger partial charge < -0.3 is 14.8 Å². The fourth-order valence-electron chi connectivity index (χ4n) is 2.39. The number of furan rings is 1. The maximum Gasteiger partial charge on any atom is 0.0935 e. The van der Waals surface area contributed by atoms with E-state index in [1.54, 1.807) is 12.5 Å². The number of aliphatic hydroxyl groups excluding tert-OH is 1. The summed E-state index contributed by atoms with van der Waals surface area (Å²) in [6.07, 6.45) is 4.47. The normalized spacial score (nSPS) is 15.4. The van der Waals surface area contributed by atoms with Crippen LogP contribution in [0.3, 0.4) is 0 Å². The van der Waals surface area contributed by atoms with Crippen LogP contribution in [0, 0.1) is 0 Å². The molecule has 3 nitrogen and oxygen atoms in total. The number of fused-ring (bicyclic) bond motifs is 1. The summed E-state index contributed by atoms with van der Waals surface area (Å²) in [5, 5.41) is 13.6. The Bertz CT molecular complexity index is 505. The first-order valence-electron chi connectivity index (χ1n) is 5.89. The van der Waals surface area contributed by atoms with E-state index in [-0.39, 0.29) is 0 Å². The van der Waals surface area contributed by atoms with Gasteiger partial charge in [-0.05, 0) is 23.6 Å². The molecule has 2 N–H and O–H groups in total. The van der Waals surface area contributed by atoms with Gasteiger partial charge in [-0.15, -0.1) is 0 Å². The molecule has 1 aromatic heterocycles. The molecular weight excluding hydrogens is 214 g/mol. The Morgan fingerprint density at radius 1 is 1.35 bits per heavy atom. The lowest BCUT2D eigenvalue weighted by atomic mass is 9.99. The zero-order chi connectivity index (χ0) is 11.7. The van der Waals surface area contributed by atoms with Gasteiger partial charge in [-0.1, -0.05) is 18.2 Å². The zero-order valence-electron chi connectivity index (χ0n) is 9.52. The van der Waals surface area contributed by atoms with Gasteiger partial charge in [-0.25, -0.2) is 0 Å². The van der Waals surface area contributed by atoms with E-state index in [1.165, 1.54) is 5.56 Å². The average molecular weight is 229 g/mol.